The number of benzene rings is 3. The van der Waals surface area contributed by atoms with E-state index in [9.17, 15) is 9.59 Å². The van der Waals surface area contributed by atoms with E-state index in [1.807, 2.05) is 67.6 Å². The number of ether oxygens (including phenoxy) is 1. The highest BCUT2D eigenvalue weighted by Crippen LogP contribution is 2.18. The van der Waals surface area contributed by atoms with Gasteiger partial charge in [-0.05, 0) is 36.2 Å². The maximum atomic E-state index is 13.0. The quantitative estimate of drug-likeness (QED) is 0.308. The van der Waals surface area contributed by atoms with Gasteiger partial charge < -0.3 is 21.1 Å². The molecule has 0 aliphatic rings. The molecule has 4 N–H and O–H groups in total. The van der Waals surface area contributed by atoms with Crippen molar-refractivity contribution in [2.75, 3.05) is 11.1 Å². The van der Waals surface area contributed by atoms with E-state index in [2.05, 4.69) is 25.6 Å². The monoisotopic (exact) mass is 482 g/mol. The second-order valence-corrected chi connectivity index (χ2v) is 8.06. The highest BCUT2D eigenvalue weighted by atomic mass is 16.5. The summed E-state index contributed by atoms with van der Waals surface area (Å²) in [5.74, 6) is -0.579. The Morgan fingerprint density at radius 3 is 2.28 bits per heavy atom. The number of nitrogens with one attached hydrogen (secondary N) is 2. The highest BCUT2D eigenvalue weighted by Gasteiger charge is 2.24. The van der Waals surface area contributed by atoms with Crippen LogP contribution in [0, 0.1) is 6.92 Å². The Morgan fingerprint density at radius 1 is 0.889 bits per heavy atom. The molecule has 9 heteroatoms. The number of amides is 1. The van der Waals surface area contributed by atoms with E-state index in [1.165, 1.54) is 0 Å². The van der Waals surface area contributed by atoms with Crippen LogP contribution in [0.2, 0.25) is 0 Å². The highest BCUT2D eigenvalue weighted by molar-refractivity contribution is 5.96. The third-order valence-corrected chi connectivity index (χ3v) is 5.34. The zero-order valence-electron chi connectivity index (χ0n) is 19.7. The Morgan fingerprint density at radius 2 is 1.56 bits per heavy atom. The number of para-hydroxylation sites is 1. The molecule has 36 heavy (non-hydrogen) atoms. The summed E-state index contributed by atoms with van der Waals surface area (Å²) in [4.78, 5) is 38.3. The minimum absolute atomic E-state index is 0.00894. The van der Waals surface area contributed by atoms with Crippen LogP contribution in [0.5, 0.6) is 0 Å². The molecule has 0 bridgehead atoms. The molecule has 0 aliphatic carbocycles. The molecule has 1 heterocycles. The number of hydrogen-bond acceptors (Lipinski definition) is 8. The molecule has 0 radical (unpaired) electrons. The van der Waals surface area contributed by atoms with Gasteiger partial charge in [0.25, 0.3) is 5.91 Å². The Balaban J connectivity index is 1.46. The number of hydrogen-bond donors (Lipinski definition) is 3. The molecule has 0 spiro atoms. The van der Waals surface area contributed by atoms with Crippen LogP contribution in [0.15, 0.2) is 84.9 Å². The summed E-state index contributed by atoms with van der Waals surface area (Å²) in [5.41, 5.74) is 8.99. The summed E-state index contributed by atoms with van der Waals surface area (Å²) in [7, 11) is 0. The van der Waals surface area contributed by atoms with Crippen LogP contribution < -0.4 is 16.4 Å². The van der Waals surface area contributed by atoms with Gasteiger partial charge in [-0.3, -0.25) is 4.79 Å². The number of carbonyl (C=O) groups excluding carboxylic acids is 2. The van der Waals surface area contributed by atoms with Crippen molar-refractivity contribution in [2.24, 2.45) is 0 Å². The van der Waals surface area contributed by atoms with Gasteiger partial charge in [-0.2, -0.15) is 15.0 Å². The zero-order valence-corrected chi connectivity index (χ0v) is 19.7. The fourth-order valence-electron chi connectivity index (χ4n) is 3.50. The van der Waals surface area contributed by atoms with E-state index in [-0.39, 0.29) is 36.7 Å². The lowest BCUT2D eigenvalue weighted by molar-refractivity contribution is -0.147. The first kappa shape index (κ1) is 24.3. The summed E-state index contributed by atoms with van der Waals surface area (Å²) in [6, 6.07) is 24.8. The van der Waals surface area contributed by atoms with Crippen molar-refractivity contribution < 1.29 is 14.3 Å². The SMILES string of the molecule is Cc1ccccc1Nc1nc(N)nc(COC(=O)[C@@H](Cc2ccccc2)NC(=O)c2ccccc2)n1. The molecule has 1 atom stereocenters. The molecular weight excluding hydrogens is 456 g/mol. The minimum Gasteiger partial charge on any atom is -0.456 e. The molecule has 1 aromatic heterocycles. The number of esters is 1. The van der Waals surface area contributed by atoms with Crippen molar-refractivity contribution in [3.63, 3.8) is 0 Å². The van der Waals surface area contributed by atoms with Crippen LogP contribution in [0.25, 0.3) is 0 Å². The summed E-state index contributed by atoms with van der Waals surface area (Å²) in [6.45, 7) is 1.71. The Bertz CT molecular complexity index is 1330. The lowest BCUT2D eigenvalue weighted by Gasteiger charge is -2.18. The second kappa shape index (κ2) is 11.6. The Hall–Kier alpha value is -4.79. The van der Waals surface area contributed by atoms with Gasteiger partial charge in [-0.15, -0.1) is 0 Å². The van der Waals surface area contributed by atoms with Crippen molar-refractivity contribution in [1.29, 1.82) is 0 Å². The Labute approximate surface area is 208 Å². The van der Waals surface area contributed by atoms with Gasteiger partial charge in [-0.1, -0.05) is 66.7 Å². The zero-order chi connectivity index (χ0) is 25.3. The van der Waals surface area contributed by atoms with Gasteiger partial charge in [0.15, 0.2) is 12.4 Å². The van der Waals surface area contributed by atoms with Crippen LogP contribution in [0.3, 0.4) is 0 Å². The first-order valence-electron chi connectivity index (χ1n) is 11.4. The molecule has 182 valence electrons. The lowest BCUT2D eigenvalue weighted by Crippen LogP contribution is -2.43. The molecule has 1 amide bonds. The summed E-state index contributed by atoms with van der Waals surface area (Å²) in [6.07, 6.45) is 0.262. The molecule has 0 fully saturated rings. The fourth-order valence-corrected chi connectivity index (χ4v) is 3.50. The third kappa shape index (κ3) is 6.63. The molecule has 4 aromatic rings. The standard InChI is InChI=1S/C27H26N6O3/c1-18-10-8-9-15-21(18)30-27-32-23(31-26(28)33-27)17-36-25(35)22(16-19-11-4-2-5-12-19)29-24(34)20-13-6-3-7-14-20/h2-15,22H,16-17H2,1H3,(H,29,34)(H3,28,30,31,32,33)/t22-/m1/s1. The van der Waals surface area contributed by atoms with Crippen molar-refractivity contribution in [1.82, 2.24) is 20.3 Å². The van der Waals surface area contributed by atoms with Crippen molar-refractivity contribution in [2.45, 2.75) is 26.0 Å². The average molecular weight is 483 g/mol. The molecule has 4 rings (SSSR count). The van der Waals surface area contributed by atoms with Crippen molar-refractivity contribution in [3.05, 3.63) is 107 Å². The van der Waals surface area contributed by atoms with E-state index in [1.54, 1.807) is 24.3 Å². The van der Waals surface area contributed by atoms with Crippen LogP contribution >= 0.6 is 0 Å². The van der Waals surface area contributed by atoms with Gasteiger partial charge in [-0.25, -0.2) is 4.79 Å². The second-order valence-electron chi connectivity index (χ2n) is 8.06. The number of nitrogens with two attached hydrogens (primary N) is 1. The molecule has 3 aromatic carbocycles. The number of carbonyl (C=O) groups is 2. The molecule has 0 saturated carbocycles. The maximum Gasteiger partial charge on any atom is 0.329 e. The lowest BCUT2D eigenvalue weighted by atomic mass is 10.1. The number of rotatable bonds is 9. The van der Waals surface area contributed by atoms with Crippen LogP contribution in [0.4, 0.5) is 17.6 Å². The molecule has 0 unspecified atom stereocenters. The minimum atomic E-state index is -0.913. The van der Waals surface area contributed by atoms with Gasteiger partial charge in [0, 0.05) is 17.7 Å². The van der Waals surface area contributed by atoms with Crippen molar-refractivity contribution in [3.8, 4) is 0 Å². The van der Waals surface area contributed by atoms with Gasteiger partial charge in [0.05, 0.1) is 0 Å². The largest absolute Gasteiger partial charge is 0.456 e. The number of nitrogens with zero attached hydrogens (tertiary/aromatic N) is 3. The predicted molar refractivity (Wildman–Crippen MR) is 136 cm³/mol. The number of anilines is 3. The van der Waals surface area contributed by atoms with Crippen LogP contribution in [-0.4, -0.2) is 32.9 Å². The summed E-state index contributed by atoms with van der Waals surface area (Å²) >= 11 is 0. The Kier molecular flexibility index (Phi) is 7.82. The third-order valence-electron chi connectivity index (χ3n) is 5.34. The van der Waals surface area contributed by atoms with E-state index < -0.39 is 12.0 Å². The summed E-state index contributed by atoms with van der Waals surface area (Å²) < 4.78 is 5.49. The first-order chi connectivity index (χ1) is 17.5. The number of nitrogen functional groups attached to an aromatic ring is 1. The van der Waals surface area contributed by atoms with Crippen LogP contribution in [-0.2, 0) is 22.6 Å². The molecule has 9 nitrogen and oxygen atoms in total. The molecular formula is C27H26N6O3. The predicted octanol–water partition coefficient (Wildman–Crippen LogP) is 3.59. The summed E-state index contributed by atoms with van der Waals surface area (Å²) in [5, 5.41) is 5.88. The molecule has 0 saturated heterocycles. The van der Waals surface area contributed by atoms with Crippen molar-refractivity contribution >= 4 is 29.5 Å². The van der Waals surface area contributed by atoms with E-state index in [0.29, 0.717) is 5.56 Å². The van der Waals surface area contributed by atoms with E-state index >= 15 is 0 Å². The number of aryl methyl sites for hydroxylation is 1. The van der Waals surface area contributed by atoms with Gasteiger partial charge >= 0.3 is 5.97 Å². The topological polar surface area (TPSA) is 132 Å². The first-order valence-corrected chi connectivity index (χ1v) is 11.4. The normalized spacial score (nSPS) is 11.4. The van der Waals surface area contributed by atoms with Gasteiger partial charge in [0.1, 0.15) is 6.04 Å². The molecule has 0 aliphatic heterocycles. The average Bonchev–Trinajstić information content (AvgIpc) is 2.89. The smallest absolute Gasteiger partial charge is 0.329 e. The van der Waals surface area contributed by atoms with Crippen LogP contribution in [0.1, 0.15) is 27.3 Å². The van der Waals surface area contributed by atoms with Gasteiger partial charge in [0.2, 0.25) is 11.9 Å². The fraction of sp³-hybridized carbons (Fsp3) is 0.148. The van der Waals surface area contributed by atoms with E-state index in [4.69, 9.17) is 10.5 Å². The maximum absolute atomic E-state index is 13.0. The number of aromatic nitrogens is 3. The van der Waals surface area contributed by atoms with E-state index in [0.717, 1.165) is 16.8 Å².